The highest BCUT2D eigenvalue weighted by molar-refractivity contribution is 5.67. The molecule has 16 heavy (non-hydrogen) atoms. The summed E-state index contributed by atoms with van der Waals surface area (Å²) in [6.07, 6.45) is 5.42. The van der Waals surface area contributed by atoms with Gasteiger partial charge in [-0.25, -0.2) is 0 Å². The maximum Gasteiger partial charge on any atom is 0.306 e. The monoisotopic (exact) mass is 229 g/mol. The van der Waals surface area contributed by atoms with Gasteiger partial charge in [0.1, 0.15) is 0 Å². The maximum absolute atomic E-state index is 10.3. The molecule has 3 N–H and O–H groups in total. The number of aliphatic hydroxyl groups excluding tert-OH is 1. The standard InChI is InChI=1S/C12H23NO3/c1-12(5-3-2-4-6-12)9-13-8-10(14)7-11(15)16/h10,13-14H,2-9H2,1H3,(H,15,16). The summed E-state index contributed by atoms with van der Waals surface area (Å²) in [5.74, 6) is -0.946. The quantitative estimate of drug-likeness (QED) is 0.643. The first kappa shape index (κ1) is 13.5. The Bertz CT molecular complexity index is 224. The first-order chi connectivity index (χ1) is 7.52. The largest absolute Gasteiger partial charge is 0.481 e. The molecule has 4 heteroatoms. The molecular formula is C12H23NO3. The Labute approximate surface area is 97.0 Å². The highest BCUT2D eigenvalue weighted by Crippen LogP contribution is 2.34. The summed E-state index contributed by atoms with van der Waals surface area (Å²) >= 11 is 0. The van der Waals surface area contributed by atoms with Crippen molar-refractivity contribution in [3.8, 4) is 0 Å². The molecule has 1 fully saturated rings. The van der Waals surface area contributed by atoms with Gasteiger partial charge in [0.2, 0.25) is 0 Å². The van der Waals surface area contributed by atoms with Gasteiger partial charge in [-0.1, -0.05) is 26.2 Å². The minimum absolute atomic E-state index is 0.177. The molecule has 0 saturated heterocycles. The molecule has 1 aliphatic rings. The molecule has 0 radical (unpaired) electrons. The average molecular weight is 229 g/mol. The second-order valence-electron chi connectivity index (χ2n) is 5.25. The van der Waals surface area contributed by atoms with E-state index < -0.39 is 12.1 Å². The van der Waals surface area contributed by atoms with Crippen molar-refractivity contribution in [1.29, 1.82) is 0 Å². The van der Waals surface area contributed by atoms with Gasteiger partial charge in [0.15, 0.2) is 0 Å². The van der Waals surface area contributed by atoms with Gasteiger partial charge in [0.05, 0.1) is 12.5 Å². The predicted octanol–water partition coefficient (Wildman–Crippen LogP) is 1.38. The molecule has 1 atom stereocenters. The second kappa shape index (κ2) is 6.21. The van der Waals surface area contributed by atoms with Crippen molar-refractivity contribution < 1.29 is 15.0 Å². The van der Waals surface area contributed by atoms with E-state index in [1.165, 1.54) is 32.1 Å². The Hall–Kier alpha value is -0.610. The number of carboxylic acids is 1. The van der Waals surface area contributed by atoms with Crippen LogP contribution in [-0.4, -0.2) is 35.4 Å². The zero-order chi connectivity index (χ0) is 12.0. The van der Waals surface area contributed by atoms with E-state index in [4.69, 9.17) is 5.11 Å². The van der Waals surface area contributed by atoms with Crippen LogP contribution in [0.5, 0.6) is 0 Å². The second-order valence-corrected chi connectivity index (χ2v) is 5.25. The topological polar surface area (TPSA) is 69.6 Å². The number of hydrogen-bond donors (Lipinski definition) is 3. The van der Waals surface area contributed by atoms with Gasteiger partial charge in [0, 0.05) is 13.1 Å². The highest BCUT2D eigenvalue weighted by atomic mass is 16.4. The van der Waals surface area contributed by atoms with Crippen LogP contribution < -0.4 is 5.32 Å². The maximum atomic E-state index is 10.3. The molecule has 0 aromatic rings. The zero-order valence-corrected chi connectivity index (χ0v) is 10.0. The van der Waals surface area contributed by atoms with Crippen LogP contribution in [0.3, 0.4) is 0 Å². The Morgan fingerprint density at radius 2 is 2.00 bits per heavy atom. The van der Waals surface area contributed by atoms with Crippen LogP contribution in [0.2, 0.25) is 0 Å². The summed E-state index contributed by atoms with van der Waals surface area (Å²) in [6, 6.07) is 0. The van der Waals surface area contributed by atoms with Crippen LogP contribution in [0.4, 0.5) is 0 Å². The minimum Gasteiger partial charge on any atom is -0.481 e. The Balaban J connectivity index is 2.16. The van der Waals surface area contributed by atoms with Crippen LogP contribution in [-0.2, 0) is 4.79 Å². The number of hydrogen-bond acceptors (Lipinski definition) is 3. The lowest BCUT2D eigenvalue weighted by Gasteiger charge is -2.34. The highest BCUT2D eigenvalue weighted by Gasteiger charge is 2.26. The molecule has 4 nitrogen and oxygen atoms in total. The van der Waals surface area contributed by atoms with E-state index in [1.54, 1.807) is 0 Å². The van der Waals surface area contributed by atoms with Gasteiger partial charge in [-0.2, -0.15) is 0 Å². The van der Waals surface area contributed by atoms with E-state index in [0.29, 0.717) is 12.0 Å². The van der Waals surface area contributed by atoms with Gasteiger partial charge < -0.3 is 15.5 Å². The van der Waals surface area contributed by atoms with Gasteiger partial charge in [-0.15, -0.1) is 0 Å². The molecule has 94 valence electrons. The van der Waals surface area contributed by atoms with Crippen LogP contribution in [0, 0.1) is 5.41 Å². The van der Waals surface area contributed by atoms with E-state index in [9.17, 15) is 9.90 Å². The SMILES string of the molecule is CC1(CNCC(O)CC(=O)O)CCCCC1. The summed E-state index contributed by atoms with van der Waals surface area (Å²) in [5, 5.41) is 21.1. The van der Waals surface area contributed by atoms with Crippen LogP contribution in [0.15, 0.2) is 0 Å². The van der Waals surface area contributed by atoms with Crippen LogP contribution in [0.25, 0.3) is 0 Å². The van der Waals surface area contributed by atoms with Gasteiger partial charge in [0.25, 0.3) is 0 Å². The third-order valence-corrected chi connectivity index (χ3v) is 3.40. The summed E-state index contributed by atoms with van der Waals surface area (Å²) < 4.78 is 0. The lowest BCUT2D eigenvalue weighted by atomic mass is 9.76. The Kier molecular flexibility index (Phi) is 5.22. The van der Waals surface area contributed by atoms with E-state index in [-0.39, 0.29) is 6.42 Å². The van der Waals surface area contributed by atoms with Crippen molar-refractivity contribution in [3.63, 3.8) is 0 Å². The van der Waals surface area contributed by atoms with Crippen molar-refractivity contribution >= 4 is 5.97 Å². The van der Waals surface area contributed by atoms with E-state index >= 15 is 0 Å². The third kappa shape index (κ3) is 4.94. The Morgan fingerprint density at radius 3 is 2.56 bits per heavy atom. The lowest BCUT2D eigenvalue weighted by molar-refractivity contribution is -0.139. The van der Waals surface area contributed by atoms with Gasteiger partial charge in [-0.05, 0) is 18.3 Å². The third-order valence-electron chi connectivity index (χ3n) is 3.40. The van der Waals surface area contributed by atoms with Crippen molar-refractivity contribution in [1.82, 2.24) is 5.32 Å². The molecule has 0 spiro atoms. The molecule has 0 aromatic heterocycles. The minimum atomic E-state index is -0.946. The van der Waals surface area contributed by atoms with Gasteiger partial charge in [-0.3, -0.25) is 4.79 Å². The molecule has 1 rings (SSSR count). The van der Waals surface area contributed by atoms with E-state index in [0.717, 1.165) is 6.54 Å². The fourth-order valence-electron chi connectivity index (χ4n) is 2.40. The molecule has 0 aliphatic heterocycles. The number of aliphatic carboxylic acids is 1. The average Bonchev–Trinajstić information content (AvgIpc) is 2.17. The van der Waals surface area contributed by atoms with Crippen molar-refractivity contribution in [3.05, 3.63) is 0 Å². The van der Waals surface area contributed by atoms with E-state index in [2.05, 4.69) is 12.2 Å². The van der Waals surface area contributed by atoms with Crippen molar-refractivity contribution in [2.24, 2.45) is 5.41 Å². The molecule has 0 amide bonds. The number of rotatable bonds is 6. The first-order valence-electron chi connectivity index (χ1n) is 6.12. The molecular weight excluding hydrogens is 206 g/mol. The molecule has 0 bridgehead atoms. The molecule has 1 unspecified atom stereocenters. The molecule has 0 aromatic carbocycles. The first-order valence-corrected chi connectivity index (χ1v) is 6.12. The number of carboxylic acid groups (broad SMARTS) is 1. The number of aliphatic hydroxyl groups is 1. The Morgan fingerprint density at radius 1 is 1.38 bits per heavy atom. The zero-order valence-electron chi connectivity index (χ0n) is 10.0. The van der Waals surface area contributed by atoms with Crippen LogP contribution in [0.1, 0.15) is 45.4 Å². The summed E-state index contributed by atoms with van der Waals surface area (Å²) in [5.41, 5.74) is 0.335. The summed E-state index contributed by atoms with van der Waals surface area (Å²) in [6.45, 7) is 3.52. The molecule has 0 heterocycles. The molecule has 1 saturated carbocycles. The van der Waals surface area contributed by atoms with Crippen molar-refractivity contribution in [2.75, 3.05) is 13.1 Å². The fourth-order valence-corrected chi connectivity index (χ4v) is 2.40. The van der Waals surface area contributed by atoms with E-state index in [1.807, 2.05) is 0 Å². The molecule has 1 aliphatic carbocycles. The predicted molar refractivity (Wildman–Crippen MR) is 62.3 cm³/mol. The summed E-state index contributed by atoms with van der Waals surface area (Å²) in [7, 11) is 0. The van der Waals surface area contributed by atoms with Crippen molar-refractivity contribution in [2.45, 2.75) is 51.6 Å². The normalized spacial score (nSPS) is 21.6. The summed E-state index contributed by atoms with van der Waals surface area (Å²) in [4.78, 5) is 10.3. The number of nitrogens with one attached hydrogen (secondary N) is 1. The number of carbonyl (C=O) groups is 1. The van der Waals surface area contributed by atoms with Gasteiger partial charge >= 0.3 is 5.97 Å². The smallest absolute Gasteiger partial charge is 0.306 e. The fraction of sp³-hybridized carbons (Fsp3) is 0.917. The lowest BCUT2D eigenvalue weighted by Crippen LogP contribution is -2.37. The van der Waals surface area contributed by atoms with Crippen LogP contribution >= 0.6 is 0 Å².